The summed E-state index contributed by atoms with van der Waals surface area (Å²) in [5.41, 5.74) is 3.31. The number of nitrogens with one attached hydrogen (secondary N) is 1. The first-order valence-corrected chi connectivity index (χ1v) is 9.77. The maximum Gasteiger partial charge on any atom is 0.282 e. The van der Waals surface area contributed by atoms with E-state index in [0.717, 1.165) is 5.56 Å². The molecule has 1 aliphatic heterocycles. The molecule has 0 spiro atoms. The van der Waals surface area contributed by atoms with E-state index in [2.05, 4.69) is 10.5 Å². The van der Waals surface area contributed by atoms with E-state index < -0.39 is 10.8 Å². The van der Waals surface area contributed by atoms with E-state index in [9.17, 15) is 14.9 Å². The van der Waals surface area contributed by atoms with E-state index in [-0.39, 0.29) is 36.0 Å². The SMILES string of the molecule is O=C(N/N=C/c1cc2c(cc1[N+](=O)[O-])OCO2)c1ccccc1OCc1ccccc1Cl. The summed E-state index contributed by atoms with van der Waals surface area (Å²) in [7, 11) is 0. The van der Waals surface area contributed by atoms with Gasteiger partial charge in [0.2, 0.25) is 6.79 Å². The van der Waals surface area contributed by atoms with Gasteiger partial charge in [-0.15, -0.1) is 0 Å². The molecule has 0 atom stereocenters. The number of hydrogen-bond acceptors (Lipinski definition) is 7. The van der Waals surface area contributed by atoms with E-state index in [1.165, 1.54) is 18.3 Å². The molecule has 3 aromatic rings. The Morgan fingerprint density at radius 1 is 1.16 bits per heavy atom. The van der Waals surface area contributed by atoms with Crippen molar-refractivity contribution in [2.45, 2.75) is 6.61 Å². The van der Waals surface area contributed by atoms with Gasteiger partial charge in [-0.05, 0) is 24.3 Å². The van der Waals surface area contributed by atoms with Crippen LogP contribution in [0.3, 0.4) is 0 Å². The summed E-state index contributed by atoms with van der Waals surface area (Å²) in [4.78, 5) is 23.4. The largest absolute Gasteiger partial charge is 0.488 e. The van der Waals surface area contributed by atoms with Crippen molar-refractivity contribution in [3.63, 3.8) is 0 Å². The highest BCUT2D eigenvalue weighted by Gasteiger charge is 2.22. The van der Waals surface area contributed by atoms with Gasteiger partial charge >= 0.3 is 0 Å². The summed E-state index contributed by atoms with van der Waals surface area (Å²) in [5, 5.41) is 15.7. The van der Waals surface area contributed by atoms with Gasteiger partial charge < -0.3 is 14.2 Å². The predicted molar refractivity (Wildman–Crippen MR) is 117 cm³/mol. The minimum atomic E-state index is -0.566. The summed E-state index contributed by atoms with van der Waals surface area (Å²) in [6.07, 6.45) is 1.17. The number of halogens is 1. The lowest BCUT2D eigenvalue weighted by molar-refractivity contribution is -0.385. The van der Waals surface area contributed by atoms with Gasteiger partial charge in [-0.2, -0.15) is 5.10 Å². The second kappa shape index (κ2) is 9.36. The molecule has 1 aliphatic rings. The molecule has 0 bridgehead atoms. The lowest BCUT2D eigenvalue weighted by Crippen LogP contribution is -2.18. The monoisotopic (exact) mass is 453 g/mol. The first kappa shape index (κ1) is 21.1. The van der Waals surface area contributed by atoms with Crippen LogP contribution in [0.4, 0.5) is 5.69 Å². The van der Waals surface area contributed by atoms with Crippen LogP contribution >= 0.6 is 11.6 Å². The fourth-order valence-corrected chi connectivity index (χ4v) is 3.17. The van der Waals surface area contributed by atoms with Gasteiger partial charge in [-0.25, -0.2) is 5.43 Å². The number of hydrogen-bond donors (Lipinski definition) is 1. The molecule has 0 saturated heterocycles. The number of hydrazone groups is 1. The number of nitro groups is 1. The van der Waals surface area contributed by atoms with Crippen LogP contribution in [0, 0.1) is 10.1 Å². The summed E-state index contributed by atoms with van der Waals surface area (Å²) < 4.78 is 16.2. The van der Waals surface area contributed by atoms with E-state index in [0.29, 0.717) is 16.5 Å². The average Bonchev–Trinajstić information content (AvgIpc) is 3.25. The van der Waals surface area contributed by atoms with Crippen molar-refractivity contribution in [3.05, 3.63) is 92.5 Å². The standard InChI is InChI=1S/C22H16ClN3O6/c23-17-7-3-1-5-14(17)12-30-19-8-4-2-6-16(19)22(27)25-24-11-15-9-20-21(32-13-31-20)10-18(15)26(28)29/h1-11H,12-13H2,(H,25,27)/b24-11+. The van der Waals surface area contributed by atoms with Gasteiger partial charge in [0.15, 0.2) is 11.5 Å². The number of benzene rings is 3. The van der Waals surface area contributed by atoms with Crippen LogP contribution in [0.5, 0.6) is 17.2 Å². The Labute approximate surface area is 187 Å². The van der Waals surface area contributed by atoms with Crippen LogP contribution < -0.4 is 19.6 Å². The highest BCUT2D eigenvalue weighted by Crippen LogP contribution is 2.37. The maximum absolute atomic E-state index is 12.6. The Morgan fingerprint density at radius 2 is 1.88 bits per heavy atom. The van der Waals surface area contributed by atoms with Gasteiger partial charge in [0.1, 0.15) is 12.4 Å². The van der Waals surface area contributed by atoms with Crippen molar-refractivity contribution in [2.24, 2.45) is 5.10 Å². The molecule has 32 heavy (non-hydrogen) atoms. The Kier molecular flexibility index (Phi) is 6.18. The third-order valence-electron chi connectivity index (χ3n) is 4.56. The Balaban J connectivity index is 1.48. The topological polar surface area (TPSA) is 112 Å². The summed E-state index contributed by atoms with van der Waals surface area (Å²) in [6, 6.07) is 16.6. The second-order valence-electron chi connectivity index (χ2n) is 6.60. The van der Waals surface area contributed by atoms with Crippen molar-refractivity contribution in [1.82, 2.24) is 5.43 Å². The molecule has 0 fully saturated rings. The van der Waals surface area contributed by atoms with Gasteiger partial charge in [0.25, 0.3) is 11.6 Å². The van der Waals surface area contributed by atoms with E-state index in [1.807, 2.05) is 18.2 Å². The zero-order valence-corrected chi connectivity index (χ0v) is 17.2. The van der Waals surface area contributed by atoms with Crippen molar-refractivity contribution >= 4 is 29.4 Å². The molecule has 1 amide bonds. The fourth-order valence-electron chi connectivity index (χ4n) is 2.98. The van der Waals surface area contributed by atoms with E-state index in [1.54, 1.807) is 30.3 Å². The fraction of sp³-hybridized carbons (Fsp3) is 0.0909. The Morgan fingerprint density at radius 3 is 2.66 bits per heavy atom. The molecule has 3 aromatic carbocycles. The van der Waals surface area contributed by atoms with Crippen molar-refractivity contribution in [1.29, 1.82) is 0 Å². The molecule has 1 N–H and O–H groups in total. The van der Waals surface area contributed by atoms with E-state index >= 15 is 0 Å². The molecule has 10 heteroatoms. The van der Waals surface area contributed by atoms with Gasteiger partial charge in [-0.1, -0.05) is 41.9 Å². The van der Waals surface area contributed by atoms with E-state index in [4.69, 9.17) is 25.8 Å². The highest BCUT2D eigenvalue weighted by molar-refractivity contribution is 6.31. The van der Waals surface area contributed by atoms with Crippen molar-refractivity contribution < 1.29 is 23.9 Å². The molecule has 9 nitrogen and oxygen atoms in total. The van der Waals surface area contributed by atoms with Crippen molar-refractivity contribution in [2.75, 3.05) is 6.79 Å². The van der Waals surface area contributed by atoms with Gasteiger partial charge in [-0.3, -0.25) is 14.9 Å². The van der Waals surface area contributed by atoms with Crippen LogP contribution in [0.2, 0.25) is 5.02 Å². The average molecular weight is 454 g/mol. The maximum atomic E-state index is 12.6. The lowest BCUT2D eigenvalue weighted by Gasteiger charge is -2.11. The zero-order valence-electron chi connectivity index (χ0n) is 16.5. The number of para-hydroxylation sites is 1. The minimum Gasteiger partial charge on any atom is -0.488 e. The zero-order chi connectivity index (χ0) is 22.5. The number of nitro benzene ring substituents is 1. The quantitative estimate of drug-likeness (QED) is 0.324. The van der Waals surface area contributed by atoms with Crippen LogP contribution in [0.25, 0.3) is 0 Å². The lowest BCUT2D eigenvalue weighted by atomic mass is 10.1. The number of carbonyl (C=O) groups is 1. The second-order valence-corrected chi connectivity index (χ2v) is 7.00. The van der Waals surface area contributed by atoms with Crippen LogP contribution in [0.15, 0.2) is 65.8 Å². The molecule has 0 saturated carbocycles. The molecule has 162 valence electrons. The third-order valence-corrected chi connectivity index (χ3v) is 4.93. The molecule has 0 aliphatic carbocycles. The summed E-state index contributed by atoms with van der Waals surface area (Å²) >= 11 is 6.15. The van der Waals surface area contributed by atoms with Crippen LogP contribution in [-0.2, 0) is 6.61 Å². The number of carbonyl (C=O) groups excluding carboxylic acids is 1. The number of nitrogens with zero attached hydrogens (tertiary/aromatic N) is 2. The van der Waals surface area contributed by atoms with Gasteiger partial charge in [0, 0.05) is 10.6 Å². The predicted octanol–water partition coefficient (Wildman–Crippen LogP) is 4.32. The molecular weight excluding hydrogens is 438 g/mol. The molecule has 4 rings (SSSR count). The summed E-state index contributed by atoms with van der Waals surface area (Å²) in [6.45, 7) is 0.158. The molecule has 0 aromatic heterocycles. The normalized spacial score (nSPS) is 12.0. The number of amides is 1. The first-order valence-electron chi connectivity index (χ1n) is 9.39. The molecule has 0 unspecified atom stereocenters. The Bertz CT molecular complexity index is 1210. The van der Waals surface area contributed by atoms with Crippen molar-refractivity contribution in [3.8, 4) is 17.2 Å². The molecule has 0 radical (unpaired) electrons. The van der Waals surface area contributed by atoms with Crippen LogP contribution in [-0.4, -0.2) is 23.8 Å². The molecular formula is C22H16ClN3O6. The van der Waals surface area contributed by atoms with Crippen LogP contribution in [0.1, 0.15) is 21.5 Å². The Hall–Kier alpha value is -4.11. The number of rotatable bonds is 7. The van der Waals surface area contributed by atoms with Gasteiger partial charge in [0.05, 0.1) is 28.3 Å². The minimum absolute atomic E-state index is 0.0191. The number of ether oxygens (including phenoxy) is 3. The summed E-state index contributed by atoms with van der Waals surface area (Å²) in [5.74, 6) is 0.442. The molecule has 1 heterocycles. The smallest absolute Gasteiger partial charge is 0.282 e. The highest BCUT2D eigenvalue weighted by atomic mass is 35.5. The number of fused-ring (bicyclic) bond motifs is 1. The third kappa shape index (κ3) is 4.62. The first-order chi connectivity index (χ1) is 15.5.